The number of rotatable bonds is 9. The second kappa shape index (κ2) is 9.97. The third kappa shape index (κ3) is 9.81. The van der Waals surface area contributed by atoms with E-state index in [1.807, 2.05) is 0 Å². The number of halogens is 1. The van der Waals surface area contributed by atoms with Gasteiger partial charge in [0.05, 0.1) is 11.9 Å². The average molecular weight is 206 g/mol. The van der Waals surface area contributed by atoms with Gasteiger partial charge in [0, 0.05) is 0 Å². The van der Waals surface area contributed by atoms with Crippen LogP contribution in [0.15, 0.2) is 5.18 Å². The molecule has 0 aliphatic rings. The molecule has 0 bridgehead atoms. The number of nitroso groups, excluding NO2 is 1. The quantitative estimate of drug-likeness (QED) is 0.317. The Morgan fingerprint density at radius 1 is 1.15 bits per heavy atom. The van der Waals surface area contributed by atoms with Crippen molar-refractivity contribution in [1.82, 2.24) is 0 Å². The van der Waals surface area contributed by atoms with Gasteiger partial charge >= 0.3 is 0 Å². The molecule has 0 saturated carbocycles. The summed E-state index contributed by atoms with van der Waals surface area (Å²) in [5.41, 5.74) is 0. The maximum absolute atomic E-state index is 9.85. The molecule has 13 heavy (non-hydrogen) atoms. The molecule has 3 heteroatoms. The summed E-state index contributed by atoms with van der Waals surface area (Å²) in [4.78, 5) is 9.85. The first-order valence-corrected chi connectivity index (χ1v) is 5.68. The third-order valence-electron chi connectivity index (χ3n) is 2.14. The van der Waals surface area contributed by atoms with Gasteiger partial charge in [-0.2, -0.15) is 4.91 Å². The minimum atomic E-state index is -0.0383. The smallest absolute Gasteiger partial charge is 0.0974 e. The molecule has 78 valence electrons. The first kappa shape index (κ1) is 12.9. The van der Waals surface area contributed by atoms with Crippen LogP contribution in [0.4, 0.5) is 0 Å². The first-order valence-electron chi connectivity index (χ1n) is 5.24. The van der Waals surface area contributed by atoms with Crippen LogP contribution in [-0.2, 0) is 0 Å². The van der Waals surface area contributed by atoms with Crippen LogP contribution in [0.3, 0.4) is 0 Å². The summed E-state index contributed by atoms with van der Waals surface area (Å²) in [6.45, 7) is 2.47. The minimum Gasteiger partial charge on any atom is -0.151 e. The predicted octanol–water partition coefficient (Wildman–Crippen LogP) is 4.11. The lowest BCUT2D eigenvalue weighted by molar-refractivity contribution is 0.580. The fourth-order valence-electron chi connectivity index (χ4n) is 1.32. The molecule has 0 rings (SSSR count). The van der Waals surface area contributed by atoms with Crippen LogP contribution in [0.5, 0.6) is 0 Å². The summed E-state index contributed by atoms with van der Waals surface area (Å²) in [6, 6.07) is 0. The van der Waals surface area contributed by atoms with E-state index in [2.05, 4.69) is 12.1 Å². The van der Waals surface area contributed by atoms with E-state index in [0.29, 0.717) is 0 Å². The predicted molar refractivity (Wildman–Crippen MR) is 58.3 cm³/mol. The Morgan fingerprint density at radius 2 is 1.77 bits per heavy atom. The molecule has 0 N–H and O–H groups in total. The normalized spacial score (nSPS) is 12.8. The molecule has 0 aliphatic heterocycles. The topological polar surface area (TPSA) is 29.4 Å². The minimum absolute atomic E-state index is 0.0383. The summed E-state index contributed by atoms with van der Waals surface area (Å²) < 4.78 is 0. The van der Waals surface area contributed by atoms with Gasteiger partial charge in [0.15, 0.2) is 0 Å². The third-order valence-corrected chi connectivity index (χ3v) is 2.50. The number of nitrogens with zero attached hydrogens (tertiary/aromatic N) is 1. The fraction of sp³-hybridized carbons (Fsp3) is 1.00. The lowest BCUT2D eigenvalue weighted by Crippen LogP contribution is -2.01. The van der Waals surface area contributed by atoms with Crippen molar-refractivity contribution < 1.29 is 0 Å². The molecule has 0 saturated heterocycles. The Labute approximate surface area is 86.0 Å². The van der Waals surface area contributed by atoms with Crippen LogP contribution in [0.25, 0.3) is 0 Å². The Morgan fingerprint density at radius 3 is 2.38 bits per heavy atom. The average Bonchev–Trinajstić information content (AvgIpc) is 2.11. The standard InChI is InChI=1S/C10H20ClNO/c1-2-3-4-5-6-7-8-10(11)9-12-13/h10H,2-9H2,1H3. The molecular formula is C10H20ClNO. The molecule has 1 unspecified atom stereocenters. The lowest BCUT2D eigenvalue weighted by Gasteiger charge is -2.03. The Kier molecular flexibility index (Phi) is 9.89. The second-order valence-corrected chi connectivity index (χ2v) is 4.08. The Bertz CT molecular complexity index is 119. The zero-order valence-electron chi connectivity index (χ0n) is 8.47. The van der Waals surface area contributed by atoms with Crippen LogP contribution in [0.2, 0.25) is 0 Å². The molecule has 0 aliphatic carbocycles. The lowest BCUT2D eigenvalue weighted by atomic mass is 10.1. The summed E-state index contributed by atoms with van der Waals surface area (Å²) in [5.74, 6) is 0. The van der Waals surface area contributed by atoms with Crippen molar-refractivity contribution in [2.24, 2.45) is 5.18 Å². The van der Waals surface area contributed by atoms with Crippen LogP contribution in [0.1, 0.15) is 51.9 Å². The van der Waals surface area contributed by atoms with E-state index in [-0.39, 0.29) is 11.9 Å². The summed E-state index contributed by atoms with van der Waals surface area (Å²) in [7, 11) is 0. The van der Waals surface area contributed by atoms with Crippen molar-refractivity contribution in [1.29, 1.82) is 0 Å². The monoisotopic (exact) mass is 205 g/mol. The van der Waals surface area contributed by atoms with E-state index in [0.717, 1.165) is 12.8 Å². The summed E-state index contributed by atoms with van der Waals surface area (Å²) in [6.07, 6.45) is 8.55. The molecule has 1 atom stereocenters. The number of hydrogen-bond acceptors (Lipinski definition) is 2. The highest BCUT2D eigenvalue weighted by molar-refractivity contribution is 6.20. The fourth-order valence-corrected chi connectivity index (χ4v) is 1.53. The van der Waals surface area contributed by atoms with Crippen molar-refractivity contribution in [3.8, 4) is 0 Å². The van der Waals surface area contributed by atoms with Crippen LogP contribution >= 0.6 is 11.6 Å². The number of unbranched alkanes of at least 4 members (excludes halogenated alkanes) is 5. The zero-order chi connectivity index (χ0) is 9.94. The molecule has 2 nitrogen and oxygen atoms in total. The van der Waals surface area contributed by atoms with Gasteiger partial charge in [-0.3, -0.25) is 0 Å². The van der Waals surface area contributed by atoms with E-state index in [1.165, 1.54) is 32.1 Å². The van der Waals surface area contributed by atoms with Gasteiger partial charge in [0.25, 0.3) is 0 Å². The van der Waals surface area contributed by atoms with E-state index in [9.17, 15) is 4.91 Å². The molecule has 0 amide bonds. The van der Waals surface area contributed by atoms with Crippen molar-refractivity contribution in [3.05, 3.63) is 4.91 Å². The van der Waals surface area contributed by atoms with Gasteiger partial charge in [-0.05, 0) is 6.42 Å². The highest BCUT2D eigenvalue weighted by atomic mass is 35.5. The van der Waals surface area contributed by atoms with E-state index < -0.39 is 0 Å². The summed E-state index contributed by atoms with van der Waals surface area (Å²) >= 11 is 5.83. The largest absolute Gasteiger partial charge is 0.151 e. The summed E-state index contributed by atoms with van der Waals surface area (Å²) in [5, 5.41) is 2.74. The van der Waals surface area contributed by atoms with Crippen molar-refractivity contribution in [2.75, 3.05) is 6.54 Å². The van der Waals surface area contributed by atoms with Gasteiger partial charge < -0.3 is 0 Å². The van der Waals surface area contributed by atoms with Crippen molar-refractivity contribution in [3.63, 3.8) is 0 Å². The van der Waals surface area contributed by atoms with Crippen molar-refractivity contribution in [2.45, 2.75) is 57.2 Å². The van der Waals surface area contributed by atoms with E-state index >= 15 is 0 Å². The van der Waals surface area contributed by atoms with Gasteiger partial charge in [0.2, 0.25) is 0 Å². The van der Waals surface area contributed by atoms with Crippen LogP contribution in [-0.4, -0.2) is 11.9 Å². The van der Waals surface area contributed by atoms with Gasteiger partial charge in [-0.15, -0.1) is 11.6 Å². The number of hydrogen-bond donors (Lipinski definition) is 0. The van der Waals surface area contributed by atoms with E-state index in [1.54, 1.807) is 0 Å². The molecule has 0 heterocycles. The van der Waals surface area contributed by atoms with Gasteiger partial charge in [-0.1, -0.05) is 50.6 Å². The van der Waals surface area contributed by atoms with E-state index in [4.69, 9.17) is 11.6 Å². The highest BCUT2D eigenvalue weighted by Crippen LogP contribution is 2.11. The molecule has 0 spiro atoms. The molecule has 0 fully saturated rings. The molecule has 0 aromatic carbocycles. The Hall–Kier alpha value is -0.110. The zero-order valence-corrected chi connectivity index (χ0v) is 9.22. The van der Waals surface area contributed by atoms with Gasteiger partial charge in [0.1, 0.15) is 0 Å². The van der Waals surface area contributed by atoms with Crippen molar-refractivity contribution >= 4 is 11.6 Å². The maximum Gasteiger partial charge on any atom is 0.0974 e. The van der Waals surface area contributed by atoms with Crippen LogP contribution in [0, 0.1) is 4.91 Å². The number of alkyl halides is 1. The molecule has 0 aromatic rings. The van der Waals surface area contributed by atoms with Crippen LogP contribution < -0.4 is 0 Å². The highest BCUT2D eigenvalue weighted by Gasteiger charge is 2.02. The SMILES string of the molecule is CCCCCCCCC(Cl)CN=O. The second-order valence-electron chi connectivity index (χ2n) is 3.47. The molecular weight excluding hydrogens is 186 g/mol. The van der Waals surface area contributed by atoms with Gasteiger partial charge in [-0.25, -0.2) is 0 Å². The molecule has 0 radical (unpaired) electrons. The first-order chi connectivity index (χ1) is 6.31. The maximum atomic E-state index is 9.85. The molecule has 0 aromatic heterocycles. The Balaban J connectivity index is 3.01.